The highest BCUT2D eigenvalue weighted by molar-refractivity contribution is 5.61. The van der Waals surface area contributed by atoms with Crippen molar-refractivity contribution < 1.29 is 0 Å². The molecule has 0 bridgehead atoms. The standard InChI is InChI=1S/C3H5N2O/c6-5-2-1-4-3-5/h1H,2-3H2/q-1. The molecule has 6 heavy (non-hydrogen) atoms. The van der Waals surface area contributed by atoms with Crippen LogP contribution in [-0.2, 0) is 0 Å². The molecule has 0 atom stereocenters. The first-order chi connectivity index (χ1) is 2.89. The molecule has 3 nitrogen and oxygen atoms in total. The molecule has 0 aliphatic carbocycles. The molecule has 0 aromatic heterocycles. The van der Waals surface area contributed by atoms with Gasteiger partial charge in [-0.15, -0.1) is 0 Å². The highest BCUT2D eigenvalue weighted by atomic mass is 16.5. The van der Waals surface area contributed by atoms with Gasteiger partial charge in [0.1, 0.15) is 0 Å². The highest BCUT2D eigenvalue weighted by Crippen LogP contribution is 1.87. The van der Waals surface area contributed by atoms with Crippen LogP contribution in [0.3, 0.4) is 0 Å². The van der Waals surface area contributed by atoms with Crippen LogP contribution in [0.1, 0.15) is 0 Å². The molecule has 0 aromatic carbocycles. The van der Waals surface area contributed by atoms with Crippen LogP contribution >= 0.6 is 0 Å². The molecular formula is C3H5N2O-. The molecule has 1 heterocycles. The smallest absolute Gasteiger partial charge is 0.0795 e. The van der Waals surface area contributed by atoms with Crippen LogP contribution in [0.2, 0.25) is 0 Å². The molecule has 0 amide bonds. The molecule has 0 N–H and O–H groups in total. The SMILES string of the molecule is [O-]N1CC=NC1. The maximum absolute atomic E-state index is 10.0. The van der Waals surface area contributed by atoms with Crippen LogP contribution in [0.25, 0.3) is 0 Å². The van der Waals surface area contributed by atoms with E-state index < -0.39 is 0 Å². The topological polar surface area (TPSA) is 38.7 Å². The number of hydrogen-bond acceptors (Lipinski definition) is 3. The molecule has 0 fully saturated rings. The Morgan fingerprint density at radius 3 is 2.83 bits per heavy atom. The van der Waals surface area contributed by atoms with Gasteiger partial charge in [0.05, 0.1) is 6.67 Å². The Morgan fingerprint density at radius 2 is 2.67 bits per heavy atom. The van der Waals surface area contributed by atoms with Crippen LogP contribution in [0.4, 0.5) is 0 Å². The molecule has 0 aromatic rings. The maximum Gasteiger partial charge on any atom is 0.0795 e. The summed E-state index contributed by atoms with van der Waals surface area (Å²) in [6.07, 6.45) is 1.62. The van der Waals surface area contributed by atoms with Crippen LogP contribution in [0, 0.1) is 5.21 Å². The summed E-state index contributed by atoms with van der Waals surface area (Å²) in [5, 5.41) is 10.9. The van der Waals surface area contributed by atoms with E-state index in [1.54, 1.807) is 6.21 Å². The van der Waals surface area contributed by atoms with Crippen molar-refractivity contribution in [1.82, 2.24) is 5.06 Å². The fourth-order valence-corrected chi connectivity index (χ4v) is 0.355. The van der Waals surface area contributed by atoms with Gasteiger partial charge in [-0.3, -0.25) is 4.99 Å². The van der Waals surface area contributed by atoms with E-state index in [9.17, 15) is 5.21 Å². The molecule has 0 radical (unpaired) electrons. The minimum Gasteiger partial charge on any atom is -0.784 e. The van der Waals surface area contributed by atoms with Crippen molar-refractivity contribution in [3.05, 3.63) is 5.21 Å². The predicted molar refractivity (Wildman–Crippen MR) is 23.4 cm³/mol. The first kappa shape index (κ1) is 3.77. The van der Waals surface area contributed by atoms with Gasteiger partial charge in [0.2, 0.25) is 0 Å². The Balaban J connectivity index is 2.32. The highest BCUT2D eigenvalue weighted by Gasteiger charge is 1.89. The van der Waals surface area contributed by atoms with Gasteiger partial charge in [0.25, 0.3) is 0 Å². The zero-order valence-electron chi connectivity index (χ0n) is 3.29. The average Bonchev–Trinajstić information content (AvgIpc) is 1.86. The first-order valence-corrected chi connectivity index (χ1v) is 1.80. The molecule has 0 saturated heterocycles. The van der Waals surface area contributed by atoms with Crippen LogP contribution in [0.5, 0.6) is 0 Å². The van der Waals surface area contributed by atoms with E-state index in [0.29, 0.717) is 13.2 Å². The van der Waals surface area contributed by atoms with Gasteiger partial charge in [-0.05, 0) is 0 Å². The van der Waals surface area contributed by atoms with Crippen molar-refractivity contribution in [2.75, 3.05) is 13.2 Å². The van der Waals surface area contributed by atoms with Crippen LogP contribution in [0.15, 0.2) is 4.99 Å². The first-order valence-electron chi connectivity index (χ1n) is 1.80. The normalized spacial score (nSPS) is 22.8. The average molecular weight is 85.1 g/mol. The lowest BCUT2D eigenvalue weighted by molar-refractivity contribution is 0.475. The lowest BCUT2D eigenvalue weighted by atomic mass is 10.8. The second-order valence-corrected chi connectivity index (χ2v) is 1.17. The zero-order valence-corrected chi connectivity index (χ0v) is 3.29. The van der Waals surface area contributed by atoms with E-state index in [-0.39, 0.29) is 0 Å². The summed E-state index contributed by atoms with van der Waals surface area (Å²) in [5.41, 5.74) is 0. The number of nitrogens with zero attached hydrogens (tertiary/aromatic N) is 2. The van der Waals surface area contributed by atoms with Crippen molar-refractivity contribution in [1.29, 1.82) is 0 Å². The minimum atomic E-state index is 0.333. The molecule has 1 rings (SSSR count). The van der Waals surface area contributed by atoms with Gasteiger partial charge >= 0.3 is 0 Å². The third kappa shape index (κ3) is 0.555. The van der Waals surface area contributed by atoms with Crippen molar-refractivity contribution in [3.63, 3.8) is 0 Å². The summed E-state index contributed by atoms with van der Waals surface area (Å²) in [6.45, 7) is 0.806. The van der Waals surface area contributed by atoms with Crippen molar-refractivity contribution in [3.8, 4) is 0 Å². The van der Waals surface area contributed by atoms with E-state index in [1.165, 1.54) is 0 Å². The van der Waals surface area contributed by atoms with Crippen molar-refractivity contribution in [2.45, 2.75) is 0 Å². The fraction of sp³-hybridized carbons (Fsp3) is 0.667. The van der Waals surface area contributed by atoms with Gasteiger partial charge in [-0.25, -0.2) is 0 Å². The van der Waals surface area contributed by atoms with Gasteiger partial charge in [0.15, 0.2) is 0 Å². The molecular weight excluding hydrogens is 80.0 g/mol. The number of rotatable bonds is 0. The van der Waals surface area contributed by atoms with Gasteiger partial charge in [0, 0.05) is 12.8 Å². The zero-order chi connectivity index (χ0) is 4.41. The van der Waals surface area contributed by atoms with Crippen molar-refractivity contribution in [2.24, 2.45) is 4.99 Å². The Bertz CT molecular complexity index is 63.2. The van der Waals surface area contributed by atoms with E-state index in [1.807, 2.05) is 0 Å². The Kier molecular flexibility index (Phi) is 0.856. The largest absolute Gasteiger partial charge is 0.784 e. The summed E-state index contributed by atoms with van der Waals surface area (Å²) in [7, 11) is 0. The van der Waals surface area contributed by atoms with E-state index >= 15 is 0 Å². The Hall–Kier alpha value is -0.410. The van der Waals surface area contributed by atoms with E-state index in [0.717, 1.165) is 5.06 Å². The quantitative estimate of drug-likeness (QED) is 0.409. The summed E-state index contributed by atoms with van der Waals surface area (Å²) >= 11 is 0. The van der Waals surface area contributed by atoms with E-state index in [4.69, 9.17) is 0 Å². The summed E-state index contributed by atoms with van der Waals surface area (Å²) in [6, 6.07) is 0. The Labute approximate surface area is 35.9 Å². The predicted octanol–water partition coefficient (Wildman–Crippen LogP) is -0.172. The maximum atomic E-state index is 10.0. The third-order valence-corrected chi connectivity index (χ3v) is 0.654. The molecule has 1 aliphatic heterocycles. The van der Waals surface area contributed by atoms with Crippen molar-refractivity contribution >= 4 is 6.21 Å². The van der Waals surface area contributed by atoms with Crippen LogP contribution < -0.4 is 0 Å². The number of aliphatic imine (C=N–C) groups is 1. The van der Waals surface area contributed by atoms with Gasteiger partial charge in [-0.1, -0.05) is 0 Å². The van der Waals surface area contributed by atoms with Gasteiger partial charge < -0.3 is 10.3 Å². The fourth-order valence-electron chi connectivity index (χ4n) is 0.355. The number of hydrogen-bond donors (Lipinski definition) is 0. The molecule has 0 unspecified atom stereocenters. The van der Waals surface area contributed by atoms with Gasteiger partial charge in [-0.2, -0.15) is 0 Å². The summed E-state index contributed by atoms with van der Waals surface area (Å²) < 4.78 is 0. The second kappa shape index (κ2) is 1.36. The summed E-state index contributed by atoms with van der Waals surface area (Å²) in [4.78, 5) is 3.65. The lowest BCUT2D eigenvalue weighted by Gasteiger charge is -2.17. The third-order valence-electron chi connectivity index (χ3n) is 0.654. The molecule has 34 valence electrons. The number of hydroxylamine groups is 2. The molecule has 0 spiro atoms. The Morgan fingerprint density at radius 1 is 1.83 bits per heavy atom. The summed E-state index contributed by atoms with van der Waals surface area (Å²) in [5.74, 6) is 0. The minimum absolute atomic E-state index is 0.333. The second-order valence-electron chi connectivity index (χ2n) is 1.17. The molecule has 1 aliphatic rings. The molecule has 3 heteroatoms. The van der Waals surface area contributed by atoms with E-state index in [2.05, 4.69) is 4.99 Å². The molecule has 0 saturated carbocycles. The van der Waals surface area contributed by atoms with Crippen LogP contribution in [-0.4, -0.2) is 24.5 Å². The monoisotopic (exact) mass is 85.0 g/mol. The lowest BCUT2D eigenvalue weighted by Crippen LogP contribution is -2.10.